The van der Waals surface area contributed by atoms with Crippen LogP contribution < -0.4 is 4.90 Å². The van der Waals surface area contributed by atoms with Crippen LogP contribution >= 0.6 is 0 Å². The molecule has 0 radical (unpaired) electrons. The molecule has 3 aromatic carbocycles. The van der Waals surface area contributed by atoms with Crippen molar-refractivity contribution in [2.75, 3.05) is 4.90 Å². The number of para-hydroxylation sites is 1. The van der Waals surface area contributed by atoms with E-state index < -0.39 is 11.7 Å². The van der Waals surface area contributed by atoms with Crippen molar-refractivity contribution in [1.82, 2.24) is 0 Å². The topological polar surface area (TPSA) is 37.4 Å². The number of Topliss-reactive ketones (excluding diaryl/α,β-unsaturated/α-hetero) is 1. The number of ketones is 1. The monoisotopic (exact) mass is 337 g/mol. The molecule has 0 saturated heterocycles. The summed E-state index contributed by atoms with van der Waals surface area (Å²) in [6, 6.07) is 23.0. The van der Waals surface area contributed by atoms with Crippen molar-refractivity contribution >= 4 is 29.5 Å². The summed E-state index contributed by atoms with van der Waals surface area (Å²) in [5.74, 6) is -0.907. The Balaban J connectivity index is 1.81. The first kappa shape index (κ1) is 14.8. The van der Waals surface area contributed by atoms with Crippen LogP contribution in [0.25, 0.3) is 12.2 Å². The summed E-state index contributed by atoms with van der Waals surface area (Å²) in [6.45, 7) is 0. The molecule has 1 aliphatic carbocycles. The highest BCUT2D eigenvalue weighted by atomic mass is 16.2. The average Bonchev–Trinajstić information content (AvgIpc) is 2.84. The third kappa shape index (κ3) is 2.01. The van der Waals surface area contributed by atoms with Crippen LogP contribution in [0, 0.1) is 0 Å². The molecule has 1 aliphatic heterocycles. The zero-order valence-corrected chi connectivity index (χ0v) is 13.9. The highest BCUT2D eigenvalue weighted by molar-refractivity contribution is 6.52. The largest absolute Gasteiger partial charge is 0.300 e. The Kier molecular flexibility index (Phi) is 3.16. The first-order valence-electron chi connectivity index (χ1n) is 8.58. The van der Waals surface area contributed by atoms with E-state index in [1.54, 1.807) is 17.0 Å². The number of rotatable bonds is 1. The van der Waals surface area contributed by atoms with Crippen molar-refractivity contribution in [2.24, 2.45) is 0 Å². The van der Waals surface area contributed by atoms with Crippen LogP contribution in [0.3, 0.4) is 0 Å². The third-order valence-corrected chi connectivity index (χ3v) is 5.10. The zero-order valence-electron chi connectivity index (χ0n) is 13.9. The molecular formula is C23H15NO2. The van der Waals surface area contributed by atoms with E-state index in [0.29, 0.717) is 11.3 Å². The van der Waals surface area contributed by atoms with E-state index in [9.17, 15) is 9.59 Å². The maximum Gasteiger partial charge on any atom is 0.300 e. The van der Waals surface area contributed by atoms with Crippen LogP contribution in [0.4, 0.5) is 5.69 Å². The molecule has 0 spiro atoms. The third-order valence-electron chi connectivity index (χ3n) is 5.10. The molecule has 1 heterocycles. The number of nitrogens with zero attached hydrogens (tertiary/aromatic N) is 1. The van der Waals surface area contributed by atoms with Crippen LogP contribution in [0.15, 0.2) is 72.8 Å². The second-order valence-corrected chi connectivity index (χ2v) is 6.52. The smallest absolute Gasteiger partial charge is 0.293 e. The van der Waals surface area contributed by atoms with Crippen LogP contribution in [-0.2, 0) is 4.79 Å². The molecule has 0 atom stereocenters. The lowest BCUT2D eigenvalue weighted by atomic mass is 9.92. The predicted octanol–water partition coefficient (Wildman–Crippen LogP) is 4.49. The molecule has 3 nitrogen and oxygen atoms in total. The maximum atomic E-state index is 12.9. The molecule has 2 aliphatic rings. The van der Waals surface area contributed by atoms with Gasteiger partial charge in [-0.3, -0.25) is 14.5 Å². The van der Waals surface area contributed by atoms with E-state index >= 15 is 0 Å². The quantitative estimate of drug-likeness (QED) is 0.614. The molecule has 26 heavy (non-hydrogen) atoms. The fourth-order valence-corrected chi connectivity index (χ4v) is 3.91. The lowest BCUT2D eigenvalue weighted by Gasteiger charge is -2.30. The van der Waals surface area contributed by atoms with Crippen molar-refractivity contribution < 1.29 is 9.59 Å². The van der Waals surface area contributed by atoms with Gasteiger partial charge in [0.2, 0.25) is 0 Å². The second-order valence-electron chi connectivity index (χ2n) is 6.52. The molecule has 0 bridgehead atoms. The van der Waals surface area contributed by atoms with Crippen LogP contribution in [-0.4, -0.2) is 11.7 Å². The molecule has 0 N–H and O–H groups in total. The van der Waals surface area contributed by atoms with Gasteiger partial charge in [-0.1, -0.05) is 72.8 Å². The van der Waals surface area contributed by atoms with E-state index in [1.165, 1.54) is 0 Å². The minimum absolute atomic E-state index is 0.336. The zero-order chi connectivity index (χ0) is 17.7. The normalized spacial score (nSPS) is 15.5. The van der Waals surface area contributed by atoms with E-state index in [0.717, 1.165) is 22.3 Å². The second kappa shape index (κ2) is 5.53. The van der Waals surface area contributed by atoms with Gasteiger partial charge in [0.25, 0.3) is 11.7 Å². The van der Waals surface area contributed by atoms with Crippen molar-refractivity contribution in [1.29, 1.82) is 0 Å². The molecule has 5 rings (SSSR count). The van der Waals surface area contributed by atoms with Gasteiger partial charge in [0.15, 0.2) is 0 Å². The Morgan fingerprint density at radius 1 is 0.654 bits per heavy atom. The molecule has 124 valence electrons. The number of carbonyl (C=O) groups excluding carboxylic acids is 2. The summed E-state index contributed by atoms with van der Waals surface area (Å²) >= 11 is 0. The van der Waals surface area contributed by atoms with Crippen molar-refractivity contribution in [3.63, 3.8) is 0 Å². The number of anilines is 1. The van der Waals surface area contributed by atoms with Crippen LogP contribution in [0.5, 0.6) is 0 Å². The highest BCUT2D eigenvalue weighted by Crippen LogP contribution is 2.43. The van der Waals surface area contributed by atoms with Gasteiger partial charge in [-0.25, -0.2) is 0 Å². The molecule has 0 saturated carbocycles. The maximum absolute atomic E-state index is 12.9. The Bertz CT molecular complexity index is 1050. The lowest BCUT2D eigenvalue weighted by Crippen LogP contribution is -2.35. The predicted molar refractivity (Wildman–Crippen MR) is 102 cm³/mol. The molecule has 1 amide bonds. The van der Waals surface area contributed by atoms with Crippen molar-refractivity contribution in [3.05, 3.63) is 101 Å². The van der Waals surface area contributed by atoms with E-state index in [1.807, 2.05) is 60.7 Å². The summed E-state index contributed by atoms with van der Waals surface area (Å²) in [7, 11) is 0. The van der Waals surface area contributed by atoms with Crippen molar-refractivity contribution in [3.8, 4) is 0 Å². The molecule has 3 aromatic rings. The van der Waals surface area contributed by atoms with Crippen molar-refractivity contribution in [2.45, 2.75) is 6.04 Å². The number of hydrogen-bond acceptors (Lipinski definition) is 2. The number of carbonyl (C=O) groups is 2. The first-order chi connectivity index (χ1) is 12.8. The Hall–Kier alpha value is -3.46. The minimum Gasteiger partial charge on any atom is -0.293 e. The number of hydrogen-bond donors (Lipinski definition) is 0. The summed E-state index contributed by atoms with van der Waals surface area (Å²) in [5.41, 5.74) is 5.30. The Morgan fingerprint density at radius 2 is 1.19 bits per heavy atom. The fraction of sp³-hybridized carbons (Fsp3) is 0.0435. The van der Waals surface area contributed by atoms with E-state index in [2.05, 4.69) is 12.2 Å². The molecular weight excluding hydrogens is 322 g/mol. The van der Waals surface area contributed by atoms with Gasteiger partial charge in [-0.15, -0.1) is 0 Å². The van der Waals surface area contributed by atoms with Gasteiger partial charge < -0.3 is 0 Å². The van der Waals surface area contributed by atoms with Gasteiger partial charge in [-0.05, 0) is 34.4 Å². The number of benzene rings is 3. The molecule has 0 unspecified atom stereocenters. The molecule has 0 aromatic heterocycles. The van der Waals surface area contributed by atoms with Crippen LogP contribution in [0.2, 0.25) is 0 Å². The van der Waals surface area contributed by atoms with Gasteiger partial charge in [-0.2, -0.15) is 0 Å². The Morgan fingerprint density at radius 3 is 1.85 bits per heavy atom. The fourth-order valence-electron chi connectivity index (χ4n) is 3.91. The molecule has 0 fully saturated rings. The number of fused-ring (bicyclic) bond motifs is 3. The summed E-state index contributed by atoms with van der Waals surface area (Å²) in [6.07, 6.45) is 4.14. The standard InChI is InChI=1S/C23H15NO2/c25-22-19-11-5-6-12-20(19)24(23(22)26)21-17-9-3-1-7-15(17)13-14-16-8-2-4-10-18(16)21/h1-14,21H. The average molecular weight is 337 g/mol. The van der Waals surface area contributed by atoms with E-state index in [-0.39, 0.29) is 6.04 Å². The first-order valence-corrected chi connectivity index (χ1v) is 8.58. The number of amides is 1. The molecule has 3 heteroatoms. The summed E-state index contributed by atoms with van der Waals surface area (Å²) < 4.78 is 0. The minimum atomic E-state index is -0.470. The van der Waals surface area contributed by atoms with Gasteiger partial charge in [0.05, 0.1) is 17.3 Å². The Labute approximate surface area is 151 Å². The van der Waals surface area contributed by atoms with Gasteiger partial charge >= 0.3 is 0 Å². The summed E-state index contributed by atoms with van der Waals surface area (Å²) in [5, 5.41) is 0. The van der Waals surface area contributed by atoms with Crippen LogP contribution in [0.1, 0.15) is 38.7 Å². The lowest BCUT2D eigenvalue weighted by molar-refractivity contribution is -0.114. The highest BCUT2D eigenvalue weighted by Gasteiger charge is 2.41. The van der Waals surface area contributed by atoms with E-state index in [4.69, 9.17) is 0 Å². The summed E-state index contributed by atoms with van der Waals surface area (Å²) in [4.78, 5) is 27.2. The van der Waals surface area contributed by atoms with Gasteiger partial charge in [0, 0.05) is 0 Å². The van der Waals surface area contributed by atoms with Gasteiger partial charge in [0.1, 0.15) is 0 Å². The SMILES string of the molecule is O=C1C(=O)N(C2c3ccccc3C=Cc3ccccc32)c2ccccc21.